The Balaban J connectivity index is 1.28. The van der Waals surface area contributed by atoms with Crippen LogP contribution in [-0.4, -0.2) is 78.2 Å². The van der Waals surface area contributed by atoms with Gasteiger partial charge in [0, 0.05) is 18.7 Å². The highest BCUT2D eigenvalue weighted by atomic mass is 16.5. The van der Waals surface area contributed by atoms with Crippen LogP contribution in [0.1, 0.15) is 23.3 Å². The lowest BCUT2D eigenvalue weighted by molar-refractivity contribution is -0.145. The largest absolute Gasteiger partial charge is 0.493 e. The Bertz CT molecular complexity index is 1130. The Kier molecular flexibility index (Phi) is 5.51. The molecular formula is C24H26N4O6. The lowest BCUT2D eigenvalue weighted by atomic mass is 9.85. The van der Waals surface area contributed by atoms with Gasteiger partial charge in [0.1, 0.15) is 5.69 Å². The smallest absolute Gasteiger partial charge is 0.272 e. The van der Waals surface area contributed by atoms with E-state index in [4.69, 9.17) is 14.2 Å². The first kappa shape index (κ1) is 22.0. The second-order valence-corrected chi connectivity index (χ2v) is 8.65. The van der Waals surface area contributed by atoms with Gasteiger partial charge in [0.25, 0.3) is 5.91 Å². The van der Waals surface area contributed by atoms with Crippen molar-refractivity contribution < 1.29 is 28.6 Å². The third-order valence-corrected chi connectivity index (χ3v) is 6.83. The second-order valence-electron chi connectivity index (χ2n) is 8.65. The molecule has 2 fully saturated rings. The average Bonchev–Trinajstić information content (AvgIpc) is 3.42. The number of likely N-dealkylation sites (tertiary alicyclic amines) is 2. The van der Waals surface area contributed by atoms with Gasteiger partial charge in [0.2, 0.25) is 17.6 Å². The fourth-order valence-electron chi connectivity index (χ4n) is 4.95. The number of amides is 3. The van der Waals surface area contributed by atoms with E-state index < -0.39 is 0 Å². The zero-order valence-electron chi connectivity index (χ0n) is 19.2. The summed E-state index contributed by atoms with van der Waals surface area (Å²) in [7, 11) is 4.59. The predicted octanol–water partition coefficient (Wildman–Crippen LogP) is 1.88. The first-order valence-electron chi connectivity index (χ1n) is 11.1. The molecule has 2 aromatic rings. The van der Waals surface area contributed by atoms with Crippen LogP contribution < -0.4 is 14.2 Å². The first-order valence-corrected chi connectivity index (χ1v) is 11.1. The van der Waals surface area contributed by atoms with Crippen molar-refractivity contribution in [1.29, 1.82) is 0 Å². The van der Waals surface area contributed by atoms with E-state index in [9.17, 15) is 14.4 Å². The number of benzene rings is 1. The quantitative estimate of drug-likeness (QED) is 0.511. The Labute approximate surface area is 196 Å². The first-order chi connectivity index (χ1) is 16.5. The van der Waals surface area contributed by atoms with E-state index in [-0.39, 0.29) is 35.6 Å². The van der Waals surface area contributed by atoms with Gasteiger partial charge in [-0.1, -0.05) is 12.2 Å². The van der Waals surface area contributed by atoms with Gasteiger partial charge in [-0.25, -0.2) is 0 Å². The molecule has 3 amide bonds. The number of aromatic amines is 1. The van der Waals surface area contributed by atoms with E-state index in [1.165, 1.54) is 26.2 Å². The second kappa shape index (κ2) is 8.51. The molecule has 1 aromatic carbocycles. The molecule has 5 rings (SSSR count). The topological polar surface area (TPSA) is 114 Å². The van der Waals surface area contributed by atoms with Crippen molar-refractivity contribution in [3.8, 4) is 28.5 Å². The fourth-order valence-corrected chi connectivity index (χ4v) is 4.95. The maximum absolute atomic E-state index is 13.0. The fraction of sp³-hybridized carbons (Fsp3) is 0.417. The number of methoxy groups -OCH3 is 3. The molecule has 178 valence electrons. The summed E-state index contributed by atoms with van der Waals surface area (Å²) in [6.07, 6.45) is 5.16. The zero-order valence-corrected chi connectivity index (χ0v) is 19.2. The highest BCUT2D eigenvalue weighted by Gasteiger charge is 2.52. The molecule has 2 aliphatic heterocycles. The average molecular weight is 466 g/mol. The molecule has 0 bridgehead atoms. The van der Waals surface area contributed by atoms with E-state index in [0.29, 0.717) is 60.1 Å². The van der Waals surface area contributed by atoms with Crippen LogP contribution in [0, 0.1) is 11.8 Å². The molecule has 0 radical (unpaired) electrons. The van der Waals surface area contributed by atoms with Crippen LogP contribution in [0.2, 0.25) is 0 Å². The third kappa shape index (κ3) is 3.41. The monoisotopic (exact) mass is 466 g/mol. The van der Waals surface area contributed by atoms with Crippen LogP contribution in [0.3, 0.4) is 0 Å². The number of H-pyrrole nitrogens is 1. The van der Waals surface area contributed by atoms with Gasteiger partial charge in [-0.3, -0.25) is 24.4 Å². The summed E-state index contributed by atoms with van der Waals surface area (Å²) >= 11 is 0. The molecule has 2 atom stereocenters. The maximum Gasteiger partial charge on any atom is 0.272 e. The lowest BCUT2D eigenvalue weighted by Crippen LogP contribution is -2.62. The SMILES string of the molecule is COc1cc(-c2cc(C(=O)N3CC(N4C(=O)C5CC=CCC5C4=O)C3)[nH]n2)cc(OC)c1OC. The highest BCUT2D eigenvalue weighted by molar-refractivity contribution is 6.06. The number of carbonyl (C=O) groups excluding carboxylic acids is 3. The van der Waals surface area contributed by atoms with E-state index in [1.807, 2.05) is 12.2 Å². The lowest BCUT2D eigenvalue weighted by Gasteiger charge is -2.42. The predicted molar refractivity (Wildman–Crippen MR) is 121 cm³/mol. The maximum atomic E-state index is 13.0. The van der Waals surface area contributed by atoms with Gasteiger partial charge in [0.05, 0.1) is 44.9 Å². The van der Waals surface area contributed by atoms with Crippen molar-refractivity contribution in [2.24, 2.45) is 11.8 Å². The van der Waals surface area contributed by atoms with Gasteiger partial charge in [-0.15, -0.1) is 0 Å². The molecular weight excluding hydrogens is 440 g/mol. The molecule has 34 heavy (non-hydrogen) atoms. The Morgan fingerprint density at radius 3 is 2.06 bits per heavy atom. The van der Waals surface area contributed by atoms with Crippen molar-refractivity contribution in [2.45, 2.75) is 18.9 Å². The molecule has 10 heteroatoms. The zero-order chi connectivity index (χ0) is 24.0. The molecule has 1 N–H and O–H groups in total. The molecule has 10 nitrogen and oxygen atoms in total. The van der Waals surface area contributed by atoms with E-state index in [2.05, 4.69) is 10.2 Å². The molecule has 3 aliphatic rings. The summed E-state index contributed by atoms with van der Waals surface area (Å²) in [6.45, 7) is 0.642. The summed E-state index contributed by atoms with van der Waals surface area (Å²) < 4.78 is 16.1. The number of allylic oxidation sites excluding steroid dienone is 2. The summed E-state index contributed by atoms with van der Waals surface area (Å²) in [5.74, 6) is 0.467. The van der Waals surface area contributed by atoms with Crippen LogP contribution in [0.5, 0.6) is 17.2 Å². The standard InChI is InChI=1S/C24H26N4O6/c1-32-19-8-13(9-20(33-2)21(19)34-3)17-10-18(26-25-17)24(31)27-11-14(12-27)28-22(29)15-6-4-5-7-16(15)23(28)30/h4-5,8-10,14-16H,6-7,11-12H2,1-3H3,(H,25,26). The minimum atomic E-state index is -0.271. The highest BCUT2D eigenvalue weighted by Crippen LogP contribution is 2.41. The number of nitrogens with zero attached hydrogens (tertiary/aromatic N) is 3. The minimum Gasteiger partial charge on any atom is -0.493 e. The number of aromatic nitrogens is 2. The summed E-state index contributed by atoms with van der Waals surface area (Å²) in [4.78, 5) is 41.5. The number of hydrogen-bond donors (Lipinski definition) is 1. The van der Waals surface area contributed by atoms with E-state index in [0.717, 1.165) is 0 Å². The molecule has 2 unspecified atom stereocenters. The molecule has 0 spiro atoms. The van der Waals surface area contributed by atoms with Gasteiger partial charge >= 0.3 is 0 Å². The van der Waals surface area contributed by atoms with Crippen molar-refractivity contribution in [1.82, 2.24) is 20.0 Å². The van der Waals surface area contributed by atoms with E-state index in [1.54, 1.807) is 23.1 Å². The molecule has 2 saturated heterocycles. The third-order valence-electron chi connectivity index (χ3n) is 6.83. The van der Waals surface area contributed by atoms with E-state index >= 15 is 0 Å². The van der Waals surface area contributed by atoms with Gasteiger partial charge < -0.3 is 19.1 Å². The Hall–Kier alpha value is -3.82. The van der Waals surface area contributed by atoms with Crippen molar-refractivity contribution in [2.75, 3.05) is 34.4 Å². The normalized spacial score (nSPS) is 22.0. The minimum absolute atomic E-state index is 0.109. The van der Waals surface area contributed by atoms with Gasteiger partial charge in [0.15, 0.2) is 11.5 Å². The number of nitrogens with one attached hydrogen (secondary N) is 1. The molecule has 1 aromatic heterocycles. The number of carbonyl (C=O) groups is 3. The van der Waals surface area contributed by atoms with Gasteiger partial charge in [-0.05, 0) is 31.0 Å². The van der Waals surface area contributed by atoms with Crippen LogP contribution >= 0.6 is 0 Å². The van der Waals surface area contributed by atoms with Crippen LogP contribution in [-0.2, 0) is 9.59 Å². The molecule has 0 saturated carbocycles. The summed E-state index contributed by atoms with van der Waals surface area (Å²) in [6, 6.07) is 4.89. The molecule has 1 aliphatic carbocycles. The van der Waals surface area contributed by atoms with Gasteiger partial charge in [-0.2, -0.15) is 5.10 Å². The van der Waals surface area contributed by atoms with Crippen LogP contribution in [0.25, 0.3) is 11.3 Å². The summed E-state index contributed by atoms with van der Waals surface area (Å²) in [5, 5.41) is 7.06. The number of imide groups is 1. The van der Waals surface area contributed by atoms with Crippen molar-refractivity contribution in [3.05, 3.63) is 36.0 Å². The van der Waals surface area contributed by atoms with Crippen LogP contribution in [0.4, 0.5) is 0 Å². The van der Waals surface area contributed by atoms with Crippen LogP contribution in [0.15, 0.2) is 30.4 Å². The number of ether oxygens (including phenoxy) is 3. The number of fused-ring (bicyclic) bond motifs is 1. The molecule has 3 heterocycles. The number of hydrogen-bond acceptors (Lipinski definition) is 7. The summed E-state index contributed by atoms with van der Waals surface area (Å²) in [5.41, 5.74) is 1.55. The van der Waals surface area contributed by atoms with Crippen molar-refractivity contribution in [3.63, 3.8) is 0 Å². The Morgan fingerprint density at radius 2 is 1.53 bits per heavy atom. The number of rotatable bonds is 6. The van der Waals surface area contributed by atoms with Crippen molar-refractivity contribution >= 4 is 17.7 Å². The Morgan fingerprint density at radius 1 is 0.941 bits per heavy atom.